The average molecular weight is 322 g/mol. The van der Waals surface area contributed by atoms with Crippen LogP contribution in [0, 0.1) is 5.92 Å². The van der Waals surface area contributed by atoms with Crippen LogP contribution in [0.25, 0.3) is 0 Å². The molecule has 1 aromatic rings. The van der Waals surface area contributed by atoms with Gasteiger partial charge in [0, 0.05) is 6.42 Å². The lowest BCUT2D eigenvalue weighted by atomic mass is 9.81. The van der Waals surface area contributed by atoms with E-state index in [2.05, 4.69) is 0 Å². The van der Waals surface area contributed by atoms with Crippen molar-refractivity contribution < 1.29 is 18.7 Å². The van der Waals surface area contributed by atoms with E-state index in [1.54, 1.807) is 6.07 Å². The molecule has 0 aromatic heterocycles. The topological polar surface area (TPSA) is 35.5 Å². The van der Waals surface area contributed by atoms with Crippen LogP contribution in [0.3, 0.4) is 0 Å². The second kappa shape index (κ2) is 6.90. The van der Waals surface area contributed by atoms with Crippen LogP contribution in [0.15, 0.2) is 18.2 Å². The van der Waals surface area contributed by atoms with Crippen molar-refractivity contribution in [2.24, 2.45) is 5.92 Å². The van der Waals surface area contributed by atoms with Crippen molar-refractivity contribution in [3.05, 3.63) is 29.3 Å². The molecule has 2 unspecified atom stereocenters. The molecule has 4 heteroatoms. The summed E-state index contributed by atoms with van der Waals surface area (Å²) in [6, 6.07) is 5.59. The summed E-state index contributed by atoms with van der Waals surface area (Å²) in [6.07, 6.45) is 0.340. The molecule has 1 aromatic carbocycles. The molecule has 0 saturated carbocycles. The maximum absolute atomic E-state index is 14.5. The zero-order valence-electron chi connectivity index (χ0n) is 14.7. The van der Waals surface area contributed by atoms with Crippen molar-refractivity contribution in [2.45, 2.75) is 71.8 Å². The van der Waals surface area contributed by atoms with Gasteiger partial charge in [0.2, 0.25) is 0 Å². The van der Waals surface area contributed by atoms with Gasteiger partial charge in [0.25, 0.3) is 0 Å². The summed E-state index contributed by atoms with van der Waals surface area (Å²) < 4.78 is 25.5. The molecule has 0 saturated heterocycles. The SMILES string of the molecule is CC(C)Oc1ccc2c(c1)C(F)CC(CC(=O)OC(C)(C)C)C2. The van der Waals surface area contributed by atoms with Crippen LogP contribution in [-0.2, 0) is 16.0 Å². The third kappa shape index (κ3) is 5.22. The van der Waals surface area contributed by atoms with Crippen molar-refractivity contribution in [1.29, 1.82) is 0 Å². The van der Waals surface area contributed by atoms with E-state index in [4.69, 9.17) is 9.47 Å². The van der Waals surface area contributed by atoms with Gasteiger partial charge >= 0.3 is 5.97 Å². The molecule has 0 amide bonds. The first-order valence-electron chi connectivity index (χ1n) is 8.29. The van der Waals surface area contributed by atoms with Crippen LogP contribution < -0.4 is 4.74 Å². The van der Waals surface area contributed by atoms with E-state index in [1.165, 1.54) is 0 Å². The summed E-state index contributed by atoms with van der Waals surface area (Å²) in [5, 5.41) is 0. The van der Waals surface area contributed by atoms with Crippen LogP contribution in [-0.4, -0.2) is 17.7 Å². The highest BCUT2D eigenvalue weighted by atomic mass is 19.1. The Kier molecular flexibility index (Phi) is 5.33. The lowest BCUT2D eigenvalue weighted by molar-refractivity contribution is -0.156. The second-order valence-electron chi connectivity index (χ2n) is 7.59. The molecule has 0 radical (unpaired) electrons. The third-order valence-electron chi connectivity index (χ3n) is 3.75. The second-order valence-corrected chi connectivity index (χ2v) is 7.59. The molecule has 0 N–H and O–H groups in total. The molecule has 0 bridgehead atoms. The van der Waals surface area contributed by atoms with Gasteiger partial charge < -0.3 is 9.47 Å². The van der Waals surface area contributed by atoms with Crippen LogP contribution in [0.4, 0.5) is 4.39 Å². The van der Waals surface area contributed by atoms with Crippen molar-refractivity contribution in [3.63, 3.8) is 0 Å². The van der Waals surface area contributed by atoms with Gasteiger partial charge in [-0.15, -0.1) is 0 Å². The molecular formula is C19H27FO3. The van der Waals surface area contributed by atoms with Gasteiger partial charge in [-0.1, -0.05) is 6.07 Å². The Morgan fingerprint density at radius 3 is 2.65 bits per heavy atom. The van der Waals surface area contributed by atoms with Gasteiger partial charge in [-0.3, -0.25) is 4.79 Å². The zero-order valence-corrected chi connectivity index (χ0v) is 14.7. The maximum atomic E-state index is 14.5. The number of fused-ring (bicyclic) bond motifs is 1. The number of hydrogen-bond donors (Lipinski definition) is 0. The fourth-order valence-corrected chi connectivity index (χ4v) is 2.98. The molecule has 1 aliphatic carbocycles. The number of carbonyl (C=O) groups excluding carboxylic acids is 1. The first kappa shape index (κ1) is 17.8. The molecule has 23 heavy (non-hydrogen) atoms. The molecule has 2 atom stereocenters. The Morgan fingerprint density at radius 1 is 1.35 bits per heavy atom. The van der Waals surface area contributed by atoms with Gasteiger partial charge in [0.15, 0.2) is 0 Å². The fraction of sp³-hybridized carbons (Fsp3) is 0.632. The minimum absolute atomic E-state index is 0.00998. The highest BCUT2D eigenvalue weighted by Gasteiger charge is 2.30. The first-order valence-corrected chi connectivity index (χ1v) is 8.29. The van der Waals surface area contributed by atoms with Crippen molar-refractivity contribution in [1.82, 2.24) is 0 Å². The highest BCUT2D eigenvalue weighted by molar-refractivity contribution is 5.70. The number of halogens is 1. The Balaban J connectivity index is 2.05. The van der Waals surface area contributed by atoms with Crippen LogP contribution in [0.1, 0.15) is 64.8 Å². The lowest BCUT2D eigenvalue weighted by Gasteiger charge is -2.28. The Morgan fingerprint density at radius 2 is 2.04 bits per heavy atom. The van der Waals surface area contributed by atoms with E-state index >= 15 is 0 Å². The summed E-state index contributed by atoms with van der Waals surface area (Å²) >= 11 is 0. The van der Waals surface area contributed by atoms with E-state index < -0.39 is 11.8 Å². The molecule has 3 nitrogen and oxygen atoms in total. The quantitative estimate of drug-likeness (QED) is 0.748. The molecule has 0 heterocycles. The van der Waals surface area contributed by atoms with Gasteiger partial charge in [-0.05, 0) is 76.6 Å². The molecule has 2 rings (SSSR count). The van der Waals surface area contributed by atoms with Gasteiger partial charge in [0.05, 0.1) is 6.10 Å². The number of rotatable bonds is 4. The number of esters is 1. The van der Waals surface area contributed by atoms with Crippen LogP contribution >= 0.6 is 0 Å². The molecule has 1 aliphatic rings. The summed E-state index contributed by atoms with van der Waals surface area (Å²) in [6.45, 7) is 9.42. The zero-order chi connectivity index (χ0) is 17.2. The number of ether oxygens (including phenoxy) is 2. The predicted molar refractivity (Wildman–Crippen MR) is 88.3 cm³/mol. The smallest absolute Gasteiger partial charge is 0.306 e. The maximum Gasteiger partial charge on any atom is 0.306 e. The molecule has 0 aliphatic heterocycles. The normalized spacial score (nSPS) is 21.0. The molecule has 128 valence electrons. The Labute approximate surface area is 138 Å². The van der Waals surface area contributed by atoms with Gasteiger partial charge in [0.1, 0.15) is 17.5 Å². The molecule has 0 spiro atoms. The van der Waals surface area contributed by atoms with Crippen molar-refractivity contribution >= 4 is 5.97 Å². The number of hydrogen-bond acceptors (Lipinski definition) is 3. The largest absolute Gasteiger partial charge is 0.491 e. The number of benzene rings is 1. The Bertz CT molecular complexity index is 560. The summed E-state index contributed by atoms with van der Waals surface area (Å²) in [7, 11) is 0. The standard InChI is InChI=1S/C19H27FO3/c1-12(2)22-15-7-6-14-8-13(9-17(20)16(14)11-15)10-18(21)23-19(3,4)5/h6-7,11-13,17H,8-10H2,1-5H3. The number of alkyl halides is 1. The summed E-state index contributed by atoms with van der Waals surface area (Å²) in [5.74, 6) is 0.439. The first-order chi connectivity index (χ1) is 10.6. The fourth-order valence-electron chi connectivity index (χ4n) is 2.98. The highest BCUT2D eigenvalue weighted by Crippen LogP contribution is 2.39. The van der Waals surface area contributed by atoms with E-state index in [9.17, 15) is 9.18 Å². The average Bonchev–Trinajstić information content (AvgIpc) is 2.36. The van der Waals surface area contributed by atoms with E-state index in [-0.39, 0.29) is 24.4 Å². The van der Waals surface area contributed by atoms with Crippen LogP contribution in [0.5, 0.6) is 5.75 Å². The van der Waals surface area contributed by atoms with Crippen molar-refractivity contribution in [2.75, 3.05) is 0 Å². The minimum atomic E-state index is -1.05. The van der Waals surface area contributed by atoms with Gasteiger partial charge in [-0.2, -0.15) is 0 Å². The third-order valence-corrected chi connectivity index (χ3v) is 3.75. The Hall–Kier alpha value is -1.58. The molecular weight excluding hydrogens is 295 g/mol. The summed E-state index contributed by atoms with van der Waals surface area (Å²) in [5.41, 5.74) is 1.17. The predicted octanol–water partition coefficient (Wildman–Crippen LogP) is 4.78. The van der Waals surface area contributed by atoms with Crippen LogP contribution in [0.2, 0.25) is 0 Å². The summed E-state index contributed by atoms with van der Waals surface area (Å²) in [4.78, 5) is 12.0. The van der Waals surface area contributed by atoms with Gasteiger partial charge in [-0.25, -0.2) is 4.39 Å². The lowest BCUT2D eigenvalue weighted by Crippen LogP contribution is -2.27. The van der Waals surface area contributed by atoms with Crippen molar-refractivity contribution in [3.8, 4) is 5.75 Å². The van der Waals surface area contributed by atoms with E-state index in [1.807, 2.05) is 46.8 Å². The van der Waals surface area contributed by atoms with E-state index in [0.29, 0.717) is 24.2 Å². The molecule has 0 fully saturated rings. The monoisotopic (exact) mass is 322 g/mol. The minimum Gasteiger partial charge on any atom is -0.491 e. The van der Waals surface area contributed by atoms with E-state index in [0.717, 1.165) is 5.56 Å². The number of carbonyl (C=O) groups is 1.